The Kier molecular flexibility index (Phi) is 6.79. The highest BCUT2D eigenvalue weighted by atomic mass is 35.5. The number of aromatic nitrogens is 1. The number of benzene rings is 1. The lowest BCUT2D eigenvalue weighted by Gasteiger charge is -2.17. The normalized spacial score (nSPS) is 16.4. The van der Waals surface area contributed by atoms with Gasteiger partial charge in [-0.1, -0.05) is 29.8 Å². The fourth-order valence-electron chi connectivity index (χ4n) is 2.79. The molecule has 25 heavy (non-hydrogen) atoms. The summed E-state index contributed by atoms with van der Waals surface area (Å²) in [4.78, 5) is 18.7. The molecule has 0 saturated heterocycles. The second kappa shape index (κ2) is 8.01. The van der Waals surface area contributed by atoms with Crippen molar-refractivity contribution in [2.24, 2.45) is 12.0 Å². The average molecular weight is 386 g/mol. The van der Waals surface area contributed by atoms with Gasteiger partial charge < -0.3 is 19.7 Å². The van der Waals surface area contributed by atoms with Crippen LogP contribution in [0.3, 0.4) is 0 Å². The molecule has 3 rings (SSSR count). The molecule has 6 nitrogen and oxygen atoms in total. The summed E-state index contributed by atoms with van der Waals surface area (Å²) < 4.78 is 7.27. The van der Waals surface area contributed by atoms with Crippen molar-refractivity contribution in [2.75, 3.05) is 19.1 Å². The summed E-state index contributed by atoms with van der Waals surface area (Å²) in [6.07, 6.45) is 1.04. The maximum atomic E-state index is 12.6. The molecule has 1 unspecified atom stereocenters. The van der Waals surface area contributed by atoms with Gasteiger partial charge in [0, 0.05) is 49.2 Å². The van der Waals surface area contributed by atoms with Crippen LogP contribution >= 0.6 is 24.0 Å². The minimum atomic E-state index is -0.886. The van der Waals surface area contributed by atoms with E-state index >= 15 is 0 Å². The number of carbonyl (C=O) groups excluding carboxylic acids is 1. The number of halogens is 2. The van der Waals surface area contributed by atoms with Gasteiger partial charge in [-0.25, -0.2) is 4.99 Å². The van der Waals surface area contributed by atoms with Crippen LogP contribution in [0.2, 0.25) is 5.02 Å². The second-order valence-electron chi connectivity index (χ2n) is 5.53. The number of carbonyl (C=O) groups is 1. The van der Waals surface area contributed by atoms with E-state index < -0.39 is 6.23 Å². The van der Waals surface area contributed by atoms with Gasteiger partial charge in [-0.2, -0.15) is 0 Å². The van der Waals surface area contributed by atoms with Crippen LogP contribution in [0, 0.1) is 6.92 Å². The average Bonchev–Trinajstić information content (AvgIpc) is 2.78. The monoisotopic (exact) mass is 385 g/mol. The highest BCUT2D eigenvalue weighted by Crippen LogP contribution is 2.33. The van der Waals surface area contributed by atoms with E-state index in [1.54, 1.807) is 11.9 Å². The van der Waals surface area contributed by atoms with Crippen LogP contribution in [0.15, 0.2) is 35.5 Å². The molecule has 2 N–H and O–H groups in total. The second-order valence-corrected chi connectivity index (χ2v) is 5.94. The third-order valence-corrected chi connectivity index (χ3v) is 4.53. The Morgan fingerprint density at radius 1 is 1.24 bits per heavy atom. The molecule has 136 valence electrons. The number of aryl methyl sites for hydroxylation is 1. The molecule has 1 aromatic heterocycles. The van der Waals surface area contributed by atoms with Crippen molar-refractivity contribution < 1.29 is 15.0 Å². The van der Waals surface area contributed by atoms with E-state index in [2.05, 4.69) is 4.99 Å². The Bertz CT molecular complexity index is 817. The molecule has 1 aliphatic rings. The van der Waals surface area contributed by atoms with Gasteiger partial charge in [0.05, 0.1) is 11.4 Å². The summed E-state index contributed by atoms with van der Waals surface area (Å²) in [5.74, 6) is -0.207. The van der Waals surface area contributed by atoms with Gasteiger partial charge in [-0.15, -0.1) is 12.4 Å². The first kappa shape index (κ1) is 21.2. The number of anilines is 1. The summed E-state index contributed by atoms with van der Waals surface area (Å²) in [6, 6.07) is 7.49. The molecule has 0 aliphatic carbocycles. The SMILES string of the molecule is COC1N=C(c2ccccc2Cl)c2c(cn(C)c2C)N(C)C1=O.Cl.O. The van der Waals surface area contributed by atoms with E-state index in [-0.39, 0.29) is 23.8 Å². The summed E-state index contributed by atoms with van der Waals surface area (Å²) in [7, 11) is 5.16. The first-order valence-corrected chi connectivity index (χ1v) is 7.62. The molecule has 0 bridgehead atoms. The molecule has 0 saturated carbocycles. The van der Waals surface area contributed by atoms with Crippen LogP contribution in [-0.4, -0.2) is 42.0 Å². The number of hydrogen-bond acceptors (Lipinski definition) is 3. The predicted octanol–water partition coefficient (Wildman–Crippen LogP) is 2.37. The molecule has 1 amide bonds. The van der Waals surface area contributed by atoms with Crippen molar-refractivity contribution in [3.05, 3.63) is 52.3 Å². The van der Waals surface area contributed by atoms with Crippen LogP contribution in [0.1, 0.15) is 16.8 Å². The van der Waals surface area contributed by atoms with Crippen molar-refractivity contribution in [3.8, 4) is 0 Å². The molecule has 8 heteroatoms. The topological polar surface area (TPSA) is 78.3 Å². The molecule has 1 aromatic carbocycles. The van der Waals surface area contributed by atoms with Gasteiger partial charge in [-0.3, -0.25) is 4.79 Å². The van der Waals surface area contributed by atoms with Crippen molar-refractivity contribution in [1.29, 1.82) is 0 Å². The number of amides is 1. The third kappa shape index (κ3) is 3.43. The summed E-state index contributed by atoms with van der Waals surface area (Å²) in [5, 5.41) is 0.590. The highest BCUT2D eigenvalue weighted by molar-refractivity contribution is 6.36. The molecule has 1 atom stereocenters. The molecular formula is C17H21Cl2N3O3. The van der Waals surface area contributed by atoms with E-state index in [0.717, 1.165) is 22.5 Å². The zero-order valence-electron chi connectivity index (χ0n) is 14.4. The summed E-state index contributed by atoms with van der Waals surface area (Å²) >= 11 is 6.37. The van der Waals surface area contributed by atoms with Crippen LogP contribution in [0.4, 0.5) is 5.69 Å². The van der Waals surface area contributed by atoms with Gasteiger partial charge in [0.2, 0.25) is 6.23 Å². The molecular weight excluding hydrogens is 365 g/mol. The fourth-order valence-corrected chi connectivity index (χ4v) is 3.01. The quantitative estimate of drug-likeness (QED) is 0.795. The van der Waals surface area contributed by atoms with Crippen LogP contribution in [0.5, 0.6) is 0 Å². The smallest absolute Gasteiger partial charge is 0.278 e. The predicted molar refractivity (Wildman–Crippen MR) is 102 cm³/mol. The Morgan fingerprint density at radius 3 is 2.48 bits per heavy atom. The Morgan fingerprint density at radius 2 is 1.88 bits per heavy atom. The van der Waals surface area contributed by atoms with Crippen LogP contribution in [-0.2, 0) is 16.6 Å². The van der Waals surface area contributed by atoms with Crippen LogP contribution in [0.25, 0.3) is 0 Å². The maximum Gasteiger partial charge on any atom is 0.278 e. The number of fused-ring (bicyclic) bond motifs is 1. The fraction of sp³-hybridized carbons (Fsp3) is 0.294. The lowest BCUT2D eigenvalue weighted by Crippen LogP contribution is -2.35. The number of ether oxygens (including phenoxy) is 1. The molecule has 0 spiro atoms. The van der Waals surface area contributed by atoms with Crippen molar-refractivity contribution in [2.45, 2.75) is 13.2 Å². The number of hydrogen-bond donors (Lipinski definition) is 0. The third-order valence-electron chi connectivity index (χ3n) is 4.20. The molecule has 2 aromatic rings. The zero-order chi connectivity index (χ0) is 16.7. The van der Waals surface area contributed by atoms with Gasteiger partial charge in [0.1, 0.15) is 0 Å². The molecule has 2 heterocycles. The standard InChI is InChI=1S/C17H18ClN3O2.ClH.H2O/c1-10-14-13(9-20(10)2)21(3)17(22)16(23-4)19-15(14)11-7-5-6-8-12(11)18;;/h5-9,16H,1-4H3;1H;1H2. The largest absolute Gasteiger partial charge is 0.412 e. The Hall–Kier alpha value is -1.86. The molecule has 0 radical (unpaired) electrons. The van der Waals surface area contributed by atoms with Crippen LogP contribution < -0.4 is 4.90 Å². The van der Waals surface area contributed by atoms with Gasteiger partial charge in [0.15, 0.2) is 0 Å². The lowest BCUT2D eigenvalue weighted by atomic mass is 10.0. The number of aliphatic imine (C=N–C) groups is 1. The van der Waals surface area contributed by atoms with Crippen molar-refractivity contribution >= 4 is 41.3 Å². The number of likely N-dealkylation sites (N-methyl/N-ethyl adjacent to an activating group) is 1. The zero-order valence-corrected chi connectivity index (χ0v) is 16.0. The maximum absolute atomic E-state index is 12.6. The highest BCUT2D eigenvalue weighted by Gasteiger charge is 2.32. The Balaban J connectivity index is 0.00000156. The summed E-state index contributed by atoms with van der Waals surface area (Å²) in [6.45, 7) is 2.00. The van der Waals surface area contributed by atoms with E-state index in [1.165, 1.54) is 7.11 Å². The first-order valence-electron chi connectivity index (χ1n) is 7.25. The number of rotatable bonds is 2. The van der Waals surface area contributed by atoms with E-state index in [0.29, 0.717) is 10.7 Å². The lowest BCUT2D eigenvalue weighted by molar-refractivity contribution is -0.127. The van der Waals surface area contributed by atoms with Gasteiger partial charge in [-0.05, 0) is 13.0 Å². The van der Waals surface area contributed by atoms with E-state index in [1.807, 2.05) is 49.0 Å². The van der Waals surface area contributed by atoms with Crippen molar-refractivity contribution in [3.63, 3.8) is 0 Å². The minimum absolute atomic E-state index is 0. The summed E-state index contributed by atoms with van der Waals surface area (Å²) in [5.41, 5.74) is 4.17. The Labute approximate surface area is 157 Å². The van der Waals surface area contributed by atoms with E-state index in [9.17, 15) is 4.79 Å². The number of methoxy groups -OCH3 is 1. The molecule has 1 aliphatic heterocycles. The van der Waals surface area contributed by atoms with Gasteiger partial charge >= 0.3 is 0 Å². The first-order chi connectivity index (χ1) is 11.0. The minimum Gasteiger partial charge on any atom is -0.412 e. The molecule has 0 fully saturated rings. The number of nitrogens with zero attached hydrogens (tertiary/aromatic N) is 3. The van der Waals surface area contributed by atoms with E-state index in [4.69, 9.17) is 16.3 Å². The van der Waals surface area contributed by atoms with Crippen molar-refractivity contribution in [1.82, 2.24) is 4.57 Å². The van der Waals surface area contributed by atoms with Gasteiger partial charge in [0.25, 0.3) is 5.91 Å².